The number of anilines is 1. The molecule has 1 rings (SSSR count). The molecule has 0 saturated heterocycles. The Kier molecular flexibility index (Phi) is 9.16. The summed E-state index contributed by atoms with van der Waals surface area (Å²) in [7, 11) is 1.65. The Morgan fingerprint density at radius 2 is 1.96 bits per heavy atom. The third-order valence-corrected chi connectivity index (χ3v) is 3.97. The molecule has 146 valence electrons. The lowest BCUT2D eigenvalue weighted by atomic mass is 9.89. The number of hydrogen-bond donors (Lipinski definition) is 3. The SMILES string of the molecule is CCOC(O)Cc1ccc(NC(=O)NCC(C)(C)C/C=C(\C)OC)cc1. The minimum absolute atomic E-state index is 0.0730. The number of benzene rings is 1. The van der Waals surface area contributed by atoms with Crippen LogP contribution in [0.2, 0.25) is 0 Å². The molecule has 0 aliphatic rings. The van der Waals surface area contributed by atoms with Gasteiger partial charge in [-0.1, -0.05) is 26.0 Å². The first-order valence-corrected chi connectivity index (χ1v) is 8.90. The number of allylic oxidation sites excluding steroid dienone is 2. The molecule has 0 radical (unpaired) electrons. The third-order valence-electron chi connectivity index (χ3n) is 3.97. The van der Waals surface area contributed by atoms with Crippen molar-refractivity contribution < 1.29 is 19.4 Å². The molecule has 0 saturated carbocycles. The van der Waals surface area contributed by atoms with Gasteiger partial charge in [-0.2, -0.15) is 0 Å². The monoisotopic (exact) mass is 364 g/mol. The Bertz CT molecular complexity index is 582. The van der Waals surface area contributed by atoms with E-state index in [9.17, 15) is 9.90 Å². The molecule has 1 aromatic rings. The van der Waals surface area contributed by atoms with Crippen LogP contribution in [-0.2, 0) is 15.9 Å². The van der Waals surface area contributed by atoms with Gasteiger partial charge in [0.1, 0.15) is 0 Å². The van der Waals surface area contributed by atoms with E-state index >= 15 is 0 Å². The van der Waals surface area contributed by atoms with Crippen LogP contribution in [0.25, 0.3) is 0 Å². The second kappa shape index (κ2) is 10.8. The quantitative estimate of drug-likeness (QED) is 0.437. The van der Waals surface area contributed by atoms with E-state index in [1.807, 2.05) is 44.2 Å². The van der Waals surface area contributed by atoms with E-state index in [1.165, 1.54) is 0 Å². The lowest BCUT2D eigenvalue weighted by Crippen LogP contribution is -2.36. The molecule has 2 amide bonds. The molecule has 0 spiro atoms. The van der Waals surface area contributed by atoms with Gasteiger partial charge in [0, 0.05) is 25.3 Å². The maximum Gasteiger partial charge on any atom is 0.319 e. The molecule has 0 aliphatic heterocycles. The molecule has 0 fully saturated rings. The number of hydrogen-bond acceptors (Lipinski definition) is 4. The van der Waals surface area contributed by atoms with Gasteiger partial charge in [-0.15, -0.1) is 0 Å². The van der Waals surface area contributed by atoms with Crippen molar-refractivity contribution in [2.24, 2.45) is 5.41 Å². The average molecular weight is 364 g/mol. The molecule has 1 aromatic carbocycles. The van der Waals surface area contributed by atoms with Crippen molar-refractivity contribution in [3.63, 3.8) is 0 Å². The number of amides is 2. The molecule has 0 aliphatic carbocycles. The summed E-state index contributed by atoms with van der Waals surface area (Å²) in [4.78, 5) is 12.1. The molecule has 1 atom stereocenters. The second-order valence-corrected chi connectivity index (χ2v) is 7.01. The van der Waals surface area contributed by atoms with E-state index in [2.05, 4.69) is 24.5 Å². The van der Waals surface area contributed by atoms with E-state index in [0.717, 1.165) is 17.7 Å². The van der Waals surface area contributed by atoms with Gasteiger partial charge in [0.25, 0.3) is 0 Å². The van der Waals surface area contributed by atoms with Crippen molar-refractivity contribution in [1.82, 2.24) is 5.32 Å². The molecule has 6 nitrogen and oxygen atoms in total. The molecular formula is C20H32N2O4. The first-order chi connectivity index (χ1) is 12.3. The fourth-order valence-corrected chi connectivity index (χ4v) is 2.25. The van der Waals surface area contributed by atoms with Gasteiger partial charge in [0.05, 0.1) is 12.9 Å². The maximum absolute atomic E-state index is 12.1. The van der Waals surface area contributed by atoms with Gasteiger partial charge >= 0.3 is 6.03 Å². The number of aliphatic hydroxyl groups is 1. The zero-order valence-corrected chi connectivity index (χ0v) is 16.5. The van der Waals surface area contributed by atoms with Crippen molar-refractivity contribution >= 4 is 11.7 Å². The Morgan fingerprint density at radius 3 is 2.54 bits per heavy atom. The van der Waals surface area contributed by atoms with Gasteiger partial charge in [-0.3, -0.25) is 0 Å². The fraction of sp³-hybridized carbons (Fsp3) is 0.550. The number of rotatable bonds is 10. The Labute approximate surface area is 156 Å². The molecule has 1 unspecified atom stereocenters. The highest BCUT2D eigenvalue weighted by Crippen LogP contribution is 2.21. The highest BCUT2D eigenvalue weighted by Gasteiger charge is 2.18. The number of aliphatic hydroxyl groups excluding tert-OH is 1. The minimum Gasteiger partial charge on any atom is -0.502 e. The Morgan fingerprint density at radius 1 is 1.31 bits per heavy atom. The summed E-state index contributed by atoms with van der Waals surface area (Å²) >= 11 is 0. The summed E-state index contributed by atoms with van der Waals surface area (Å²) in [5.74, 6) is 0.872. The van der Waals surface area contributed by atoms with Crippen LogP contribution in [0.15, 0.2) is 36.1 Å². The summed E-state index contributed by atoms with van der Waals surface area (Å²) in [6.07, 6.45) is 2.45. The summed E-state index contributed by atoms with van der Waals surface area (Å²) in [5.41, 5.74) is 1.57. The second-order valence-electron chi connectivity index (χ2n) is 7.01. The zero-order chi connectivity index (χ0) is 19.6. The summed E-state index contributed by atoms with van der Waals surface area (Å²) in [6.45, 7) is 8.94. The number of nitrogens with one attached hydrogen (secondary N) is 2. The topological polar surface area (TPSA) is 79.8 Å². The van der Waals surface area contributed by atoms with Crippen LogP contribution in [0, 0.1) is 5.41 Å². The summed E-state index contributed by atoms with van der Waals surface area (Å²) in [6, 6.07) is 7.10. The van der Waals surface area contributed by atoms with Gasteiger partial charge < -0.3 is 25.2 Å². The summed E-state index contributed by atoms with van der Waals surface area (Å²) < 4.78 is 10.2. The van der Waals surface area contributed by atoms with Gasteiger partial charge in [0.2, 0.25) is 0 Å². The number of carbonyl (C=O) groups is 1. The van der Waals surface area contributed by atoms with Crippen molar-refractivity contribution in [3.05, 3.63) is 41.7 Å². The lowest BCUT2D eigenvalue weighted by Gasteiger charge is -2.23. The normalized spacial score (nSPS) is 13.2. The van der Waals surface area contributed by atoms with Crippen molar-refractivity contribution in [2.75, 3.05) is 25.6 Å². The van der Waals surface area contributed by atoms with Crippen LogP contribution in [0.5, 0.6) is 0 Å². The highest BCUT2D eigenvalue weighted by molar-refractivity contribution is 5.89. The molecule has 0 aromatic heterocycles. The van der Waals surface area contributed by atoms with Crippen LogP contribution in [0.1, 0.15) is 39.7 Å². The molecule has 3 N–H and O–H groups in total. The van der Waals surface area contributed by atoms with Gasteiger partial charge in [0.15, 0.2) is 6.29 Å². The van der Waals surface area contributed by atoms with Crippen LogP contribution >= 0.6 is 0 Å². The minimum atomic E-state index is -0.805. The molecule has 0 heterocycles. The Hall–Kier alpha value is -2.05. The smallest absolute Gasteiger partial charge is 0.319 e. The first kappa shape index (κ1) is 22.0. The lowest BCUT2D eigenvalue weighted by molar-refractivity contribution is -0.0927. The van der Waals surface area contributed by atoms with Crippen LogP contribution < -0.4 is 10.6 Å². The number of urea groups is 1. The van der Waals surface area contributed by atoms with E-state index in [1.54, 1.807) is 7.11 Å². The van der Waals surface area contributed by atoms with Crippen LogP contribution in [0.3, 0.4) is 0 Å². The molecule has 6 heteroatoms. The van der Waals surface area contributed by atoms with E-state index < -0.39 is 6.29 Å². The fourth-order valence-electron chi connectivity index (χ4n) is 2.25. The van der Waals surface area contributed by atoms with E-state index in [-0.39, 0.29) is 11.4 Å². The molecule has 0 bridgehead atoms. The maximum atomic E-state index is 12.1. The van der Waals surface area contributed by atoms with Gasteiger partial charge in [-0.25, -0.2) is 4.79 Å². The first-order valence-electron chi connectivity index (χ1n) is 8.90. The van der Waals surface area contributed by atoms with Gasteiger partial charge in [-0.05, 0) is 49.5 Å². The van der Waals surface area contributed by atoms with E-state index in [0.29, 0.717) is 25.3 Å². The van der Waals surface area contributed by atoms with Crippen LogP contribution in [0.4, 0.5) is 10.5 Å². The number of carbonyl (C=O) groups excluding carboxylic acids is 1. The Balaban J connectivity index is 2.45. The highest BCUT2D eigenvalue weighted by atomic mass is 16.6. The number of methoxy groups -OCH3 is 1. The number of ether oxygens (including phenoxy) is 2. The molecular weight excluding hydrogens is 332 g/mol. The van der Waals surface area contributed by atoms with Crippen molar-refractivity contribution in [3.8, 4) is 0 Å². The summed E-state index contributed by atoms with van der Waals surface area (Å²) in [5, 5.41) is 15.4. The largest absolute Gasteiger partial charge is 0.502 e. The van der Waals surface area contributed by atoms with Crippen molar-refractivity contribution in [1.29, 1.82) is 0 Å². The third kappa shape index (κ3) is 8.87. The van der Waals surface area contributed by atoms with Crippen LogP contribution in [-0.4, -0.2) is 37.7 Å². The average Bonchev–Trinajstić information content (AvgIpc) is 2.60. The van der Waals surface area contributed by atoms with Crippen molar-refractivity contribution in [2.45, 2.75) is 46.8 Å². The standard InChI is InChI=1S/C20H32N2O4/c1-6-26-18(23)13-16-7-9-17(10-8-16)22-19(24)21-14-20(3,4)12-11-15(2)25-5/h7-11,18,23H,6,12-14H2,1-5H3,(H2,21,22,24)/b15-11+. The molecule has 26 heavy (non-hydrogen) atoms. The predicted molar refractivity (Wildman–Crippen MR) is 104 cm³/mol. The zero-order valence-electron chi connectivity index (χ0n) is 16.5. The predicted octanol–water partition coefficient (Wildman–Crippen LogP) is 3.67. The van der Waals surface area contributed by atoms with E-state index in [4.69, 9.17) is 9.47 Å².